The Bertz CT molecular complexity index is 286. The molecule has 0 aromatic carbocycles. The van der Waals surface area contributed by atoms with Crippen LogP contribution in [0.5, 0.6) is 0 Å². The molecule has 70 valence electrons. The molecular weight excluding hydrogens is 170 g/mol. The summed E-state index contributed by atoms with van der Waals surface area (Å²) in [5.41, 5.74) is 5.43. The average molecular weight is 181 g/mol. The smallest absolute Gasteiger partial charge is 0.223 e. The number of hydrogen-bond acceptors (Lipinski definition) is 6. The highest BCUT2D eigenvalue weighted by atomic mass is 16.5. The molecule has 0 aliphatic carbocycles. The summed E-state index contributed by atoms with van der Waals surface area (Å²) >= 11 is 0. The number of aromatic nitrogens is 3. The highest BCUT2D eigenvalue weighted by molar-refractivity contribution is 5.13. The molecule has 1 fully saturated rings. The Balaban J connectivity index is 2.14. The molecule has 1 atom stereocenters. The van der Waals surface area contributed by atoms with Gasteiger partial charge in [-0.25, -0.2) is 9.97 Å². The van der Waals surface area contributed by atoms with Gasteiger partial charge in [-0.15, -0.1) is 0 Å². The van der Waals surface area contributed by atoms with Gasteiger partial charge in [0.1, 0.15) is 12.4 Å². The van der Waals surface area contributed by atoms with Crippen molar-refractivity contribution >= 4 is 5.95 Å². The van der Waals surface area contributed by atoms with Crippen LogP contribution >= 0.6 is 0 Å². The standard InChI is InChI=1S/C7H11N5O/c8-7-11-4-10-6(12-7)5-3-9-1-2-13-5/h4-5,9H,1-3H2,(H2,8,10,11,12). The normalized spacial score (nSPS) is 22.9. The molecule has 1 saturated heterocycles. The van der Waals surface area contributed by atoms with E-state index in [-0.39, 0.29) is 12.1 Å². The Labute approximate surface area is 75.5 Å². The zero-order valence-electron chi connectivity index (χ0n) is 7.10. The highest BCUT2D eigenvalue weighted by Gasteiger charge is 2.18. The molecule has 6 nitrogen and oxygen atoms in total. The van der Waals surface area contributed by atoms with Gasteiger partial charge in [0.2, 0.25) is 5.95 Å². The summed E-state index contributed by atoms with van der Waals surface area (Å²) in [6, 6.07) is 0. The zero-order chi connectivity index (χ0) is 9.10. The molecule has 0 spiro atoms. The minimum absolute atomic E-state index is 0.0981. The zero-order valence-corrected chi connectivity index (χ0v) is 7.10. The summed E-state index contributed by atoms with van der Waals surface area (Å²) in [5, 5.41) is 3.19. The maximum absolute atomic E-state index is 5.45. The number of rotatable bonds is 1. The fraction of sp³-hybridized carbons (Fsp3) is 0.571. The minimum atomic E-state index is -0.0981. The van der Waals surface area contributed by atoms with Crippen LogP contribution in [-0.4, -0.2) is 34.6 Å². The van der Waals surface area contributed by atoms with Crippen molar-refractivity contribution in [1.82, 2.24) is 20.3 Å². The second-order valence-electron chi connectivity index (χ2n) is 2.77. The van der Waals surface area contributed by atoms with Gasteiger partial charge in [0.25, 0.3) is 0 Å². The lowest BCUT2D eigenvalue weighted by Crippen LogP contribution is -2.34. The quantitative estimate of drug-likeness (QED) is 0.584. The van der Waals surface area contributed by atoms with Crippen molar-refractivity contribution in [2.75, 3.05) is 25.4 Å². The Morgan fingerprint density at radius 1 is 1.54 bits per heavy atom. The van der Waals surface area contributed by atoms with Crippen molar-refractivity contribution in [2.45, 2.75) is 6.10 Å². The molecule has 0 bridgehead atoms. The number of nitrogens with zero attached hydrogens (tertiary/aromatic N) is 3. The minimum Gasteiger partial charge on any atom is -0.368 e. The van der Waals surface area contributed by atoms with Crippen molar-refractivity contribution in [3.8, 4) is 0 Å². The van der Waals surface area contributed by atoms with Gasteiger partial charge in [-0.1, -0.05) is 0 Å². The topological polar surface area (TPSA) is 86.0 Å². The van der Waals surface area contributed by atoms with Gasteiger partial charge in [0, 0.05) is 13.1 Å². The van der Waals surface area contributed by atoms with Crippen LogP contribution in [0.25, 0.3) is 0 Å². The Hall–Kier alpha value is -1.27. The Kier molecular flexibility index (Phi) is 2.33. The van der Waals surface area contributed by atoms with E-state index >= 15 is 0 Å². The average Bonchev–Trinajstić information content (AvgIpc) is 2.19. The molecule has 0 radical (unpaired) electrons. The van der Waals surface area contributed by atoms with Crippen molar-refractivity contribution < 1.29 is 4.74 Å². The van der Waals surface area contributed by atoms with Crippen molar-refractivity contribution in [2.24, 2.45) is 0 Å². The van der Waals surface area contributed by atoms with Gasteiger partial charge in [0.15, 0.2) is 5.82 Å². The van der Waals surface area contributed by atoms with Crippen LogP contribution in [0, 0.1) is 0 Å². The van der Waals surface area contributed by atoms with Gasteiger partial charge in [0.05, 0.1) is 6.61 Å². The molecule has 0 amide bonds. The molecule has 3 N–H and O–H groups in total. The lowest BCUT2D eigenvalue weighted by atomic mass is 10.3. The number of anilines is 1. The summed E-state index contributed by atoms with van der Waals surface area (Å²) in [4.78, 5) is 11.7. The first-order chi connectivity index (χ1) is 6.36. The van der Waals surface area contributed by atoms with Crippen molar-refractivity contribution in [1.29, 1.82) is 0 Å². The molecular formula is C7H11N5O. The number of ether oxygens (including phenoxy) is 1. The predicted molar refractivity (Wildman–Crippen MR) is 45.8 cm³/mol. The highest BCUT2D eigenvalue weighted by Crippen LogP contribution is 2.13. The maximum atomic E-state index is 5.45. The molecule has 1 aromatic heterocycles. The van der Waals surface area contributed by atoms with Crippen LogP contribution in [0.2, 0.25) is 0 Å². The molecule has 1 aliphatic rings. The number of nitrogens with two attached hydrogens (primary N) is 1. The third kappa shape index (κ3) is 1.90. The van der Waals surface area contributed by atoms with E-state index in [0.717, 1.165) is 13.1 Å². The largest absolute Gasteiger partial charge is 0.368 e. The maximum Gasteiger partial charge on any atom is 0.223 e. The van der Waals surface area contributed by atoms with Crippen LogP contribution in [0.1, 0.15) is 11.9 Å². The summed E-state index contributed by atoms with van der Waals surface area (Å²) in [7, 11) is 0. The lowest BCUT2D eigenvalue weighted by Gasteiger charge is -2.21. The van der Waals surface area contributed by atoms with Gasteiger partial charge >= 0.3 is 0 Å². The summed E-state index contributed by atoms with van der Waals surface area (Å²) in [5.74, 6) is 0.832. The fourth-order valence-corrected chi connectivity index (χ4v) is 1.21. The molecule has 13 heavy (non-hydrogen) atoms. The lowest BCUT2D eigenvalue weighted by molar-refractivity contribution is 0.0221. The number of hydrogen-bond donors (Lipinski definition) is 2. The van der Waals surface area contributed by atoms with E-state index in [0.29, 0.717) is 12.4 Å². The molecule has 1 unspecified atom stereocenters. The van der Waals surface area contributed by atoms with Crippen molar-refractivity contribution in [3.05, 3.63) is 12.2 Å². The van der Waals surface area contributed by atoms with E-state index in [2.05, 4.69) is 20.3 Å². The van der Waals surface area contributed by atoms with E-state index in [1.54, 1.807) is 0 Å². The van der Waals surface area contributed by atoms with E-state index < -0.39 is 0 Å². The summed E-state index contributed by atoms with van der Waals surface area (Å²) < 4.78 is 5.45. The first-order valence-electron chi connectivity index (χ1n) is 4.13. The van der Waals surface area contributed by atoms with Crippen LogP contribution in [0.4, 0.5) is 5.95 Å². The number of morpholine rings is 1. The third-order valence-electron chi connectivity index (χ3n) is 1.82. The monoisotopic (exact) mass is 181 g/mol. The molecule has 2 heterocycles. The van der Waals surface area contributed by atoms with E-state index in [1.165, 1.54) is 6.33 Å². The summed E-state index contributed by atoms with van der Waals surface area (Å²) in [6.07, 6.45) is 1.30. The number of nitrogens with one attached hydrogen (secondary N) is 1. The van der Waals surface area contributed by atoms with Gasteiger partial charge in [-0.05, 0) is 0 Å². The Morgan fingerprint density at radius 3 is 3.15 bits per heavy atom. The van der Waals surface area contributed by atoms with Crippen LogP contribution < -0.4 is 11.1 Å². The second-order valence-corrected chi connectivity index (χ2v) is 2.77. The third-order valence-corrected chi connectivity index (χ3v) is 1.82. The van der Waals surface area contributed by atoms with Crippen molar-refractivity contribution in [3.63, 3.8) is 0 Å². The van der Waals surface area contributed by atoms with E-state index in [1.807, 2.05) is 0 Å². The molecule has 1 aromatic rings. The van der Waals surface area contributed by atoms with Gasteiger partial charge in [-0.2, -0.15) is 4.98 Å². The van der Waals surface area contributed by atoms with Crippen LogP contribution in [0.3, 0.4) is 0 Å². The summed E-state index contributed by atoms with van der Waals surface area (Å²) in [6.45, 7) is 2.27. The van der Waals surface area contributed by atoms with E-state index in [4.69, 9.17) is 10.5 Å². The molecule has 6 heteroatoms. The molecule has 0 saturated carbocycles. The SMILES string of the molecule is Nc1ncnc(C2CNCCO2)n1. The van der Waals surface area contributed by atoms with Gasteiger partial charge in [-0.3, -0.25) is 0 Å². The van der Waals surface area contributed by atoms with Gasteiger partial charge < -0.3 is 15.8 Å². The van der Waals surface area contributed by atoms with Crippen LogP contribution in [-0.2, 0) is 4.74 Å². The van der Waals surface area contributed by atoms with E-state index in [9.17, 15) is 0 Å². The first kappa shape index (κ1) is 8.33. The number of nitrogen functional groups attached to an aromatic ring is 1. The molecule has 2 rings (SSSR count). The van der Waals surface area contributed by atoms with Crippen LogP contribution in [0.15, 0.2) is 6.33 Å². The predicted octanol–water partition coefficient (Wildman–Crippen LogP) is -0.885. The molecule has 1 aliphatic heterocycles. The fourth-order valence-electron chi connectivity index (χ4n) is 1.21. The Morgan fingerprint density at radius 2 is 2.46 bits per heavy atom. The second kappa shape index (κ2) is 3.63. The first-order valence-corrected chi connectivity index (χ1v) is 4.13.